The molecule has 0 radical (unpaired) electrons. The summed E-state index contributed by atoms with van der Waals surface area (Å²) in [5, 5.41) is 11.9. The van der Waals surface area contributed by atoms with Crippen LogP contribution >= 0.6 is 23.5 Å². The van der Waals surface area contributed by atoms with E-state index < -0.39 is 5.76 Å². The molecule has 0 atom stereocenters. The van der Waals surface area contributed by atoms with E-state index in [2.05, 4.69) is 48.4 Å². The number of carbonyl (C=O) groups excluding carboxylic acids is 1. The summed E-state index contributed by atoms with van der Waals surface area (Å²) in [6.07, 6.45) is 0. The van der Waals surface area contributed by atoms with Crippen molar-refractivity contribution in [3.63, 3.8) is 0 Å². The van der Waals surface area contributed by atoms with E-state index in [1.54, 1.807) is 24.3 Å². The zero-order valence-corrected chi connectivity index (χ0v) is 19.4. The molecule has 1 amide bonds. The summed E-state index contributed by atoms with van der Waals surface area (Å²) in [7, 11) is 1.87. The zero-order chi connectivity index (χ0) is 22.6. The van der Waals surface area contributed by atoms with Crippen molar-refractivity contribution >= 4 is 35.1 Å². The number of alkyl halides is 2. The van der Waals surface area contributed by atoms with Crippen molar-refractivity contribution in [2.45, 2.75) is 42.0 Å². The minimum absolute atomic E-state index is 0.0782. The van der Waals surface area contributed by atoms with Gasteiger partial charge in [-0.15, -0.1) is 10.2 Å². The summed E-state index contributed by atoms with van der Waals surface area (Å²) in [6.45, 7) is 6.50. The molecule has 0 saturated carbocycles. The predicted molar refractivity (Wildman–Crippen MR) is 123 cm³/mol. The van der Waals surface area contributed by atoms with Gasteiger partial charge >= 0.3 is 0 Å². The summed E-state index contributed by atoms with van der Waals surface area (Å²) >= 11 is 1.75. The average Bonchev–Trinajstić information content (AvgIpc) is 3.07. The molecule has 0 aliphatic heterocycles. The Morgan fingerprint density at radius 2 is 1.71 bits per heavy atom. The largest absolute Gasteiger partial charge is 0.325 e. The summed E-state index contributed by atoms with van der Waals surface area (Å²) in [4.78, 5) is 12.7. The number of halogens is 2. The van der Waals surface area contributed by atoms with Crippen molar-refractivity contribution in [2.24, 2.45) is 7.05 Å². The number of anilines is 1. The third kappa shape index (κ3) is 6.30. The fourth-order valence-corrected chi connectivity index (χ4v) is 4.07. The van der Waals surface area contributed by atoms with Crippen LogP contribution in [0.4, 0.5) is 14.5 Å². The van der Waals surface area contributed by atoms with Gasteiger partial charge in [-0.3, -0.25) is 4.79 Å². The van der Waals surface area contributed by atoms with Crippen LogP contribution in [-0.2, 0) is 17.3 Å². The average molecular weight is 463 g/mol. The predicted octanol–water partition coefficient (Wildman–Crippen LogP) is 5.83. The molecule has 5 nitrogen and oxygen atoms in total. The molecule has 0 bridgehead atoms. The highest BCUT2D eigenvalue weighted by molar-refractivity contribution is 8.00. The normalized spacial score (nSPS) is 11.7. The van der Waals surface area contributed by atoms with E-state index in [0.717, 1.165) is 11.4 Å². The second-order valence-corrected chi connectivity index (χ2v) is 9.94. The van der Waals surface area contributed by atoms with Crippen molar-refractivity contribution in [2.75, 3.05) is 11.1 Å². The number of nitrogens with zero attached hydrogens (tertiary/aromatic N) is 3. The van der Waals surface area contributed by atoms with Gasteiger partial charge in [-0.05, 0) is 35.2 Å². The summed E-state index contributed by atoms with van der Waals surface area (Å²) < 4.78 is 26.6. The number of hydrogen-bond acceptors (Lipinski definition) is 5. The van der Waals surface area contributed by atoms with Crippen LogP contribution < -0.4 is 5.32 Å². The number of aromatic nitrogens is 3. The molecule has 0 aliphatic rings. The lowest BCUT2D eigenvalue weighted by atomic mass is 9.87. The first-order chi connectivity index (χ1) is 14.6. The molecule has 0 unspecified atom stereocenters. The van der Waals surface area contributed by atoms with E-state index in [1.807, 2.05) is 23.7 Å². The van der Waals surface area contributed by atoms with Crippen LogP contribution in [0.5, 0.6) is 0 Å². The molecule has 3 rings (SSSR count). The molecule has 1 heterocycles. The molecule has 3 aromatic rings. The van der Waals surface area contributed by atoms with Crippen LogP contribution in [0.15, 0.2) is 58.6 Å². The van der Waals surface area contributed by atoms with Crippen LogP contribution in [0, 0.1) is 0 Å². The van der Waals surface area contributed by atoms with Crippen molar-refractivity contribution < 1.29 is 13.6 Å². The Kier molecular flexibility index (Phi) is 7.38. The van der Waals surface area contributed by atoms with Crippen molar-refractivity contribution in [1.82, 2.24) is 14.8 Å². The molecule has 1 aromatic heterocycles. The van der Waals surface area contributed by atoms with Crippen molar-refractivity contribution in [3.05, 3.63) is 54.1 Å². The maximum Gasteiger partial charge on any atom is 0.288 e. The molecule has 0 saturated heterocycles. The monoisotopic (exact) mass is 462 g/mol. The van der Waals surface area contributed by atoms with Crippen LogP contribution in [0.25, 0.3) is 11.4 Å². The number of benzene rings is 2. The minimum Gasteiger partial charge on any atom is -0.325 e. The third-order valence-corrected chi connectivity index (χ3v) is 6.28. The van der Waals surface area contributed by atoms with Gasteiger partial charge < -0.3 is 9.88 Å². The molecular formula is C22H24F2N4OS2. The summed E-state index contributed by atoms with van der Waals surface area (Å²) in [5.41, 5.74) is 2.84. The van der Waals surface area contributed by atoms with Crippen molar-refractivity contribution in [1.29, 1.82) is 0 Å². The number of carbonyl (C=O) groups is 1. The summed E-state index contributed by atoms with van der Waals surface area (Å²) in [6, 6.07) is 14.6. The van der Waals surface area contributed by atoms with Gasteiger partial charge in [-0.2, -0.15) is 8.78 Å². The topological polar surface area (TPSA) is 59.8 Å². The second kappa shape index (κ2) is 9.82. The first-order valence-electron chi connectivity index (χ1n) is 9.61. The van der Waals surface area contributed by atoms with Gasteiger partial charge in [-0.25, -0.2) is 0 Å². The first kappa shape index (κ1) is 23.3. The molecule has 1 N–H and O–H groups in total. The second-order valence-electron chi connectivity index (χ2n) is 7.93. The molecule has 0 spiro atoms. The Balaban J connectivity index is 1.59. The highest BCUT2D eigenvalue weighted by Crippen LogP contribution is 2.28. The van der Waals surface area contributed by atoms with Gasteiger partial charge in [0.1, 0.15) is 0 Å². The fourth-order valence-electron chi connectivity index (χ4n) is 2.86. The lowest BCUT2D eigenvalue weighted by Gasteiger charge is -2.19. The quantitative estimate of drug-likeness (QED) is 0.448. The van der Waals surface area contributed by atoms with E-state index in [4.69, 9.17) is 0 Å². The zero-order valence-electron chi connectivity index (χ0n) is 17.7. The molecule has 164 valence electrons. The van der Waals surface area contributed by atoms with E-state index in [0.29, 0.717) is 27.5 Å². The van der Waals surface area contributed by atoms with E-state index >= 15 is 0 Å². The standard InChI is InChI=1S/C22H24F2N4OS2/c1-22(2,3)15-7-5-14(6-8-15)19-26-27-21(28(19)4)30-13-18(29)25-16-9-11-17(12-10-16)31-20(23)24/h5-12,20H,13H2,1-4H3,(H,25,29). The highest BCUT2D eigenvalue weighted by atomic mass is 32.2. The molecule has 31 heavy (non-hydrogen) atoms. The van der Waals surface area contributed by atoms with Gasteiger partial charge in [0, 0.05) is 23.2 Å². The summed E-state index contributed by atoms with van der Waals surface area (Å²) in [5.74, 6) is -1.79. The molecule has 9 heteroatoms. The fraction of sp³-hybridized carbons (Fsp3) is 0.318. The Labute approximate surface area is 189 Å². The van der Waals surface area contributed by atoms with Crippen LogP contribution in [0.1, 0.15) is 26.3 Å². The number of thioether (sulfide) groups is 2. The Morgan fingerprint density at radius 3 is 2.29 bits per heavy atom. The number of hydrogen-bond donors (Lipinski definition) is 1. The van der Waals surface area contributed by atoms with Gasteiger partial charge in [-0.1, -0.05) is 68.6 Å². The maximum atomic E-state index is 12.4. The van der Waals surface area contributed by atoms with E-state index in [9.17, 15) is 13.6 Å². The van der Waals surface area contributed by atoms with Crippen LogP contribution in [0.3, 0.4) is 0 Å². The number of amides is 1. The maximum absolute atomic E-state index is 12.4. The van der Waals surface area contributed by atoms with Gasteiger partial charge in [0.15, 0.2) is 11.0 Å². The third-order valence-electron chi connectivity index (χ3n) is 4.54. The minimum atomic E-state index is -2.47. The SMILES string of the molecule is Cn1c(SCC(=O)Nc2ccc(SC(F)F)cc2)nnc1-c1ccc(C(C)(C)C)cc1. The van der Waals surface area contributed by atoms with Gasteiger partial charge in [0.05, 0.1) is 5.75 Å². The van der Waals surface area contributed by atoms with Gasteiger partial charge in [0.2, 0.25) is 5.91 Å². The Hall–Kier alpha value is -2.39. The Morgan fingerprint density at radius 1 is 1.06 bits per heavy atom. The van der Waals surface area contributed by atoms with Gasteiger partial charge in [0.25, 0.3) is 5.76 Å². The van der Waals surface area contributed by atoms with Crippen LogP contribution in [0.2, 0.25) is 0 Å². The van der Waals surface area contributed by atoms with Crippen LogP contribution in [-0.4, -0.2) is 32.2 Å². The number of rotatable bonds is 7. The Bertz CT molecular complexity index is 1030. The molecule has 0 fully saturated rings. The lowest BCUT2D eigenvalue weighted by molar-refractivity contribution is -0.113. The smallest absolute Gasteiger partial charge is 0.288 e. The number of nitrogens with one attached hydrogen (secondary N) is 1. The lowest BCUT2D eigenvalue weighted by Crippen LogP contribution is -2.14. The molecular weight excluding hydrogens is 438 g/mol. The highest BCUT2D eigenvalue weighted by Gasteiger charge is 2.16. The first-order valence-corrected chi connectivity index (χ1v) is 11.5. The molecule has 0 aliphatic carbocycles. The van der Waals surface area contributed by atoms with Crippen molar-refractivity contribution in [3.8, 4) is 11.4 Å². The van der Waals surface area contributed by atoms with E-state index in [-0.39, 0.29) is 17.1 Å². The molecule has 2 aromatic carbocycles. The van der Waals surface area contributed by atoms with E-state index in [1.165, 1.54) is 17.3 Å².